The molecule has 1 saturated heterocycles. The molecule has 5 aromatic rings. The molecule has 0 unspecified atom stereocenters. The van der Waals surface area contributed by atoms with E-state index in [-0.39, 0.29) is 11.7 Å². The molecule has 17 heteroatoms. The number of rotatable bonds is 11. The molecule has 4 aliphatic rings. The third-order valence-electron chi connectivity index (χ3n) is 11.6. The molecule has 0 radical (unpaired) electrons. The van der Waals surface area contributed by atoms with Crippen LogP contribution in [0.15, 0.2) is 97.3 Å². The Bertz CT molecular complexity index is 2490. The van der Waals surface area contributed by atoms with Crippen molar-refractivity contribution in [3.05, 3.63) is 114 Å². The molecule has 1 spiro atoms. The Labute approximate surface area is 347 Å². The van der Waals surface area contributed by atoms with E-state index in [1.54, 1.807) is 18.2 Å². The van der Waals surface area contributed by atoms with Crippen LogP contribution in [-0.4, -0.2) is 105 Å². The molecule has 1 aromatic heterocycles. The number of H-pyrrole nitrogens is 1. The van der Waals surface area contributed by atoms with Gasteiger partial charge in [-0.05, 0) is 41.6 Å². The second kappa shape index (κ2) is 15.9. The average Bonchev–Trinajstić information content (AvgIpc) is 3.86. The first-order valence-corrected chi connectivity index (χ1v) is 19.6. The molecule has 17 nitrogen and oxygen atoms in total. The van der Waals surface area contributed by atoms with Gasteiger partial charge in [-0.3, -0.25) is 9.59 Å². The fourth-order valence-corrected chi connectivity index (χ4v) is 8.93. The number of benzene rings is 4. The first-order chi connectivity index (χ1) is 29.5. The highest BCUT2D eigenvalue weighted by atomic mass is 16.7. The molecule has 0 amide bonds. The number of aromatic amines is 1. The number of aromatic nitrogens is 1. The number of carbonyl (C=O) groups excluding carboxylic acids is 1. The summed E-state index contributed by atoms with van der Waals surface area (Å²) in [5.41, 5.74) is 8.87. The third-order valence-corrected chi connectivity index (χ3v) is 11.6. The number of para-hydroxylation sites is 1. The minimum absolute atomic E-state index is 0.118. The summed E-state index contributed by atoms with van der Waals surface area (Å²) in [7, 11) is 1.50. The lowest BCUT2D eigenvalue weighted by Crippen LogP contribution is -2.74. The summed E-state index contributed by atoms with van der Waals surface area (Å²) in [4.78, 5) is 27.3. The molecule has 9 N–H and O–H groups in total. The van der Waals surface area contributed by atoms with Crippen molar-refractivity contribution in [3.63, 3.8) is 0 Å². The predicted octanol–water partition coefficient (Wildman–Crippen LogP) is 2.74. The number of ether oxygens (including phenoxy) is 7. The number of hydrogen-bond donors (Lipinski definition) is 8. The normalized spacial score (nSPS) is 28.4. The first-order valence-electron chi connectivity index (χ1n) is 19.6. The largest absolute Gasteiger partial charge is 0.490 e. The summed E-state index contributed by atoms with van der Waals surface area (Å²) in [6, 6.07) is 24.5. The zero-order valence-corrected chi connectivity index (χ0v) is 32.5. The fourth-order valence-electron chi connectivity index (χ4n) is 8.93. The molecular formula is C44H43N3O14. The topological polar surface area (TPSA) is 254 Å². The number of carboxylic acids is 1. The number of esters is 1. The van der Waals surface area contributed by atoms with E-state index in [2.05, 4.69) is 10.3 Å². The van der Waals surface area contributed by atoms with E-state index in [9.17, 15) is 35.1 Å². The zero-order valence-electron chi connectivity index (χ0n) is 32.5. The highest BCUT2D eigenvalue weighted by Crippen LogP contribution is 2.60. The highest BCUT2D eigenvalue weighted by Gasteiger charge is 2.61. The summed E-state index contributed by atoms with van der Waals surface area (Å²) >= 11 is 0. The maximum atomic E-state index is 12.6. The van der Waals surface area contributed by atoms with Crippen LogP contribution < -0.4 is 34.7 Å². The summed E-state index contributed by atoms with van der Waals surface area (Å²) in [6.07, 6.45) is -7.49. The monoisotopic (exact) mass is 837 g/mol. The lowest BCUT2D eigenvalue weighted by Gasteiger charge is -2.52. The van der Waals surface area contributed by atoms with Crippen LogP contribution >= 0.6 is 0 Å². The number of nitrogens with one attached hydrogen (secondary N) is 2. The van der Waals surface area contributed by atoms with E-state index in [0.29, 0.717) is 40.5 Å². The second-order valence-corrected chi connectivity index (χ2v) is 15.2. The van der Waals surface area contributed by atoms with Crippen LogP contribution in [0.25, 0.3) is 22.0 Å². The Morgan fingerprint density at radius 2 is 1.74 bits per heavy atom. The molecule has 4 aliphatic heterocycles. The standard InChI is InChI=1S/C44H43N3O14/c1-55-38-28(56-20-48)12-11-24-33-29(15-21-7-3-2-4-8-21)58-30-17-22(16-25(34(30)39(33)60-37(24)38)26-19-47-27-10-6-5-9-23(26)27)57-43-36(53)35(52)40(54)44(61-43)13-14-46-42(45)41(44)59-32(51)18-31(49)50/h2-14,16-17,19,29,33,35-36,39-43,46-48,52-54H,15,18,20,45H2,1H3,(H,49,50)/t29-,33+,35+,36+,39+,40-,41-,42+,43+,44-/m0/s1. The van der Waals surface area contributed by atoms with Crippen molar-refractivity contribution >= 4 is 22.8 Å². The van der Waals surface area contributed by atoms with E-state index in [1.165, 1.54) is 19.4 Å². The summed E-state index contributed by atoms with van der Waals surface area (Å²) in [5, 5.41) is 56.6. The summed E-state index contributed by atoms with van der Waals surface area (Å²) in [5.74, 6) is -1.47. The minimum atomic E-state index is -2.11. The van der Waals surface area contributed by atoms with Gasteiger partial charge in [0.2, 0.25) is 12.0 Å². The number of carbonyl (C=O) groups is 2. The van der Waals surface area contributed by atoms with Gasteiger partial charge in [-0.25, -0.2) is 0 Å². The van der Waals surface area contributed by atoms with Crippen LogP contribution in [-0.2, 0) is 25.5 Å². The quantitative estimate of drug-likeness (QED) is 0.0541. The van der Waals surface area contributed by atoms with Gasteiger partial charge in [0, 0.05) is 46.3 Å². The Morgan fingerprint density at radius 3 is 2.51 bits per heavy atom. The van der Waals surface area contributed by atoms with Crippen molar-refractivity contribution < 1.29 is 68.3 Å². The maximum Gasteiger partial charge on any atom is 0.317 e. The first kappa shape index (κ1) is 40.1. The smallest absolute Gasteiger partial charge is 0.317 e. The number of carboxylic acid groups (broad SMARTS) is 1. The van der Waals surface area contributed by atoms with Crippen LogP contribution in [0, 0.1) is 0 Å². The van der Waals surface area contributed by atoms with Crippen molar-refractivity contribution in [1.29, 1.82) is 0 Å². The number of fused-ring (bicyclic) bond motifs is 6. The molecule has 0 bridgehead atoms. The molecule has 0 aliphatic carbocycles. The minimum Gasteiger partial charge on any atom is -0.490 e. The number of methoxy groups -OCH3 is 1. The van der Waals surface area contributed by atoms with Crippen molar-refractivity contribution in [3.8, 4) is 39.9 Å². The van der Waals surface area contributed by atoms with Gasteiger partial charge in [-0.15, -0.1) is 0 Å². The van der Waals surface area contributed by atoms with Gasteiger partial charge < -0.3 is 74.7 Å². The molecular weight excluding hydrogens is 794 g/mol. The molecule has 4 aromatic carbocycles. The molecule has 0 saturated carbocycles. The number of aliphatic hydroxyl groups excluding tert-OH is 4. The van der Waals surface area contributed by atoms with Crippen LogP contribution in [0.1, 0.15) is 35.1 Å². The van der Waals surface area contributed by atoms with Crippen molar-refractivity contribution in [2.24, 2.45) is 5.73 Å². The van der Waals surface area contributed by atoms with E-state index in [0.717, 1.165) is 27.6 Å². The zero-order chi connectivity index (χ0) is 42.6. The van der Waals surface area contributed by atoms with Gasteiger partial charge in [0.05, 0.1) is 13.0 Å². The van der Waals surface area contributed by atoms with Gasteiger partial charge in [0.1, 0.15) is 54.6 Å². The van der Waals surface area contributed by atoms with Crippen molar-refractivity contribution in [2.75, 3.05) is 13.9 Å². The Balaban J connectivity index is 1.17. The van der Waals surface area contributed by atoms with Crippen LogP contribution in [0.5, 0.6) is 28.7 Å². The van der Waals surface area contributed by atoms with E-state index in [1.807, 2.05) is 66.9 Å². The van der Waals surface area contributed by atoms with Crippen LogP contribution in [0.3, 0.4) is 0 Å². The average molecular weight is 838 g/mol. The van der Waals surface area contributed by atoms with E-state index >= 15 is 0 Å². The third kappa shape index (κ3) is 6.94. The van der Waals surface area contributed by atoms with E-state index in [4.69, 9.17) is 38.9 Å². The molecule has 318 valence electrons. The Kier molecular flexibility index (Phi) is 10.5. The van der Waals surface area contributed by atoms with Gasteiger partial charge >= 0.3 is 11.9 Å². The molecule has 9 rings (SSSR count). The molecule has 10 atom stereocenters. The van der Waals surface area contributed by atoms with Crippen LogP contribution in [0.2, 0.25) is 0 Å². The lowest BCUT2D eigenvalue weighted by molar-refractivity contribution is -0.321. The van der Waals surface area contributed by atoms with Gasteiger partial charge in [-0.2, -0.15) is 0 Å². The molecule has 1 fully saturated rings. The maximum absolute atomic E-state index is 12.6. The van der Waals surface area contributed by atoms with E-state index < -0.39 is 79.8 Å². The number of aliphatic carboxylic acids is 1. The SMILES string of the molecule is COc1c(OCO)ccc2c1O[C@H]1c3c(cc(O[C@@H]4O[C@@]5(C=CN[C@@H](N)[C@@H]5OC(=O)CC(=O)O)[C@@H](O)[C@H](O)[C@H]4O)cc3-c3c[nH]c4ccccc34)O[C@@H](Cc3ccccc3)[C@@H]21. The van der Waals surface area contributed by atoms with Gasteiger partial charge in [0.15, 0.2) is 30.0 Å². The van der Waals surface area contributed by atoms with Crippen molar-refractivity contribution in [1.82, 2.24) is 10.3 Å². The van der Waals surface area contributed by atoms with Crippen molar-refractivity contribution in [2.45, 2.75) is 73.4 Å². The predicted molar refractivity (Wildman–Crippen MR) is 214 cm³/mol. The molecule has 5 heterocycles. The Morgan fingerprint density at radius 1 is 0.951 bits per heavy atom. The van der Waals surface area contributed by atoms with Crippen LogP contribution in [0.4, 0.5) is 0 Å². The summed E-state index contributed by atoms with van der Waals surface area (Å²) in [6.45, 7) is -0.578. The van der Waals surface area contributed by atoms with Gasteiger partial charge in [0.25, 0.3) is 0 Å². The summed E-state index contributed by atoms with van der Waals surface area (Å²) < 4.78 is 43.4. The molecule has 61 heavy (non-hydrogen) atoms. The Hall–Kier alpha value is -6.34. The number of nitrogens with two attached hydrogens (primary N) is 1. The highest BCUT2D eigenvalue weighted by molar-refractivity contribution is 5.97. The van der Waals surface area contributed by atoms with Gasteiger partial charge in [-0.1, -0.05) is 54.6 Å². The lowest BCUT2D eigenvalue weighted by atomic mass is 9.79. The second-order valence-electron chi connectivity index (χ2n) is 15.2. The number of hydrogen-bond acceptors (Lipinski definition) is 15. The number of aliphatic hydroxyl groups is 4. The fraction of sp³-hybridized carbons (Fsp3) is 0.318.